The highest BCUT2D eigenvalue weighted by Gasteiger charge is 2.06. The first-order valence-corrected chi connectivity index (χ1v) is 6.75. The van der Waals surface area contributed by atoms with E-state index in [1.54, 1.807) is 24.5 Å². The van der Waals surface area contributed by atoms with Crippen LogP contribution in [0.1, 0.15) is 18.1 Å². The van der Waals surface area contributed by atoms with Crippen LogP contribution >= 0.6 is 0 Å². The zero-order chi connectivity index (χ0) is 15.9. The van der Waals surface area contributed by atoms with E-state index in [0.717, 1.165) is 23.6 Å². The summed E-state index contributed by atoms with van der Waals surface area (Å²) < 4.78 is 0. The number of amides is 1. The second-order valence-corrected chi connectivity index (χ2v) is 4.85. The molecule has 0 saturated heterocycles. The fourth-order valence-electron chi connectivity index (χ4n) is 1.92. The number of carbonyl (C=O) groups is 2. The minimum atomic E-state index is -1.14. The van der Waals surface area contributed by atoms with Crippen molar-refractivity contribution in [2.24, 2.45) is 0 Å². The number of anilines is 1. The predicted octanol–water partition coefficient (Wildman–Crippen LogP) is 2.64. The molecule has 0 atom stereocenters. The van der Waals surface area contributed by atoms with E-state index >= 15 is 0 Å². The van der Waals surface area contributed by atoms with Crippen molar-refractivity contribution in [2.45, 2.75) is 13.3 Å². The molecule has 5 nitrogen and oxygen atoms in total. The molecule has 0 fully saturated rings. The van der Waals surface area contributed by atoms with Crippen LogP contribution in [0.15, 0.2) is 60.4 Å². The van der Waals surface area contributed by atoms with Crippen LogP contribution in [0.25, 0.3) is 0 Å². The first-order chi connectivity index (χ1) is 10.5. The Kier molecular flexibility index (Phi) is 5.03. The molecule has 5 heteroatoms. The summed E-state index contributed by atoms with van der Waals surface area (Å²) in [6.07, 6.45) is 5.17. The Morgan fingerprint density at radius 1 is 1.09 bits per heavy atom. The molecule has 0 aliphatic carbocycles. The van der Waals surface area contributed by atoms with E-state index in [1.807, 2.05) is 24.3 Å². The number of nitrogens with zero attached hydrogens (tertiary/aromatic N) is 1. The van der Waals surface area contributed by atoms with Gasteiger partial charge in [-0.1, -0.05) is 12.1 Å². The number of carboxylic acids is 1. The van der Waals surface area contributed by atoms with E-state index in [2.05, 4.69) is 10.3 Å². The Morgan fingerprint density at radius 2 is 1.68 bits per heavy atom. The standard InChI is InChI=1S/C17H16N2O3/c1-12(10-16(20)21)17(22)19-15-4-2-13(3-5-15)11-14-6-8-18-9-7-14/h2-10H,11H2,1H3,(H,19,22)(H,20,21)/b12-10+. The third kappa shape index (κ3) is 4.56. The van der Waals surface area contributed by atoms with Gasteiger partial charge in [-0.05, 0) is 48.7 Å². The molecule has 2 rings (SSSR count). The van der Waals surface area contributed by atoms with E-state index in [9.17, 15) is 9.59 Å². The Bertz CT molecular complexity index is 692. The fraction of sp³-hybridized carbons (Fsp3) is 0.118. The third-order valence-corrected chi connectivity index (χ3v) is 3.07. The molecule has 0 bridgehead atoms. The van der Waals surface area contributed by atoms with Crippen LogP contribution < -0.4 is 5.32 Å². The number of hydrogen-bond acceptors (Lipinski definition) is 3. The third-order valence-electron chi connectivity index (χ3n) is 3.07. The van der Waals surface area contributed by atoms with Gasteiger partial charge < -0.3 is 10.4 Å². The Morgan fingerprint density at radius 3 is 2.27 bits per heavy atom. The van der Waals surface area contributed by atoms with Gasteiger partial charge in [-0.15, -0.1) is 0 Å². The van der Waals surface area contributed by atoms with Crippen molar-refractivity contribution in [1.29, 1.82) is 0 Å². The summed E-state index contributed by atoms with van der Waals surface area (Å²) in [5.74, 6) is -1.57. The van der Waals surface area contributed by atoms with E-state index in [-0.39, 0.29) is 5.57 Å². The van der Waals surface area contributed by atoms with Crippen LogP contribution in [0, 0.1) is 0 Å². The van der Waals surface area contributed by atoms with E-state index in [1.165, 1.54) is 6.92 Å². The lowest BCUT2D eigenvalue weighted by Crippen LogP contribution is -2.13. The lowest BCUT2D eigenvalue weighted by atomic mass is 10.1. The summed E-state index contributed by atoms with van der Waals surface area (Å²) >= 11 is 0. The van der Waals surface area contributed by atoms with Gasteiger partial charge in [0.25, 0.3) is 5.91 Å². The molecule has 0 aliphatic rings. The number of carbonyl (C=O) groups excluding carboxylic acids is 1. The van der Waals surface area contributed by atoms with Crippen LogP contribution in [0.5, 0.6) is 0 Å². The molecule has 0 saturated carbocycles. The molecule has 22 heavy (non-hydrogen) atoms. The van der Waals surface area contributed by atoms with Gasteiger partial charge in [0, 0.05) is 29.7 Å². The smallest absolute Gasteiger partial charge is 0.328 e. The lowest BCUT2D eigenvalue weighted by molar-refractivity contribution is -0.131. The monoisotopic (exact) mass is 296 g/mol. The molecule has 1 amide bonds. The molecule has 0 spiro atoms. The highest BCUT2D eigenvalue weighted by Crippen LogP contribution is 2.14. The van der Waals surface area contributed by atoms with Crippen molar-refractivity contribution in [2.75, 3.05) is 5.32 Å². The summed E-state index contributed by atoms with van der Waals surface area (Å²) in [5.41, 5.74) is 3.05. The first kappa shape index (κ1) is 15.4. The van der Waals surface area contributed by atoms with Crippen molar-refractivity contribution < 1.29 is 14.7 Å². The molecular formula is C17H16N2O3. The molecule has 1 aromatic heterocycles. The molecule has 1 aromatic carbocycles. The molecule has 2 N–H and O–H groups in total. The van der Waals surface area contributed by atoms with Crippen LogP contribution in [-0.2, 0) is 16.0 Å². The van der Waals surface area contributed by atoms with Crippen molar-refractivity contribution >= 4 is 17.6 Å². The average Bonchev–Trinajstić information content (AvgIpc) is 2.49. The number of benzene rings is 1. The SMILES string of the molecule is C/C(=C\C(=O)O)C(=O)Nc1ccc(Cc2ccncc2)cc1. The van der Waals surface area contributed by atoms with Crippen LogP contribution in [-0.4, -0.2) is 22.0 Å². The Hall–Kier alpha value is -2.95. The van der Waals surface area contributed by atoms with E-state index in [4.69, 9.17) is 5.11 Å². The van der Waals surface area contributed by atoms with Crippen molar-refractivity contribution in [3.8, 4) is 0 Å². The summed E-state index contributed by atoms with van der Waals surface area (Å²) in [4.78, 5) is 26.3. The maximum atomic E-state index is 11.8. The number of pyridine rings is 1. The minimum absolute atomic E-state index is 0.147. The highest BCUT2D eigenvalue weighted by molar-refractivity contribution is 6.06. The van der Waals surface area contributed by atoms with Gasteiger partial charge in [-0.3, -0.25) is 9.78 Å². The highest BCUT2D eigenvalue weighted by atomic mass is 16.4. The number of aromatic nitrogens is 1. The molecule has 0 aliphatic heterocycles. The van der Waals surface area contributed by atoms with Crippen LogP contribution in [0.4, 0.5) is 5.69 Å². The zero-order valence-electron chi connectivity index (χ0n) is 12.1. The summed E-state index contributed by atoms with van der Waals surface area (Å²) in [7, 11) is 0. The van der Waals surface area contributed by atoms with Crippen molar-refractivity contribution in [1.82, 2.24) is 4.98 Å². The lowest BCUT2D eigenvalue weighted by Gasteiger charge is -2.07. The topological polar surface area (TPSA) is 79.3 Å². The number of hydrogen-bond donors (Lipinski definition) is 2. The predicted molar refractivity (Wildman–Crippen MR) is 83.5 cm³/mol. The molecule has 112 valence electrons. The maximum Gasteiger partial charge on any atom is 0.328 e. The fourth-order valence-corrected chi connectivity index (χ4v) is 1.92. The molecule has 2 aromatic rings. The first-order valence-electron chi connectivity index (χ1n) is 6.75. The largest absolute Gasteiger partial charge is 0.478 e. The van der Waals surface area contributed by atoms with Gasteiger partial charge in [0.15, 0.2) is 0 Å². The second kappa shape index (κ2) is 7.17. The number of nitrogens with one attached hydrogen (secondary N) is 1. The van der Waals surface area contributed by atoms with Gasteiger partial charge >= 0.3 is 5.97 Å². The van der Waals surface area contributed by atoms with Crippen molar-refractivity contribution in [3.63, 3.8) is 0 Å². The number of aliphatic carboxylic acids is 1. The van der Waals surface area contributed by atoms with Gasteiger partial charge in [0.05, 0.1) is 0 Å². The quantitative estimate of drug-likeness (QED) is 0.831. The molecule has 0 radical (unpaired) electrons. The molecular weight excluding hydrogens is 280 g/mol. The molecule has 0 unspecified atom stereocenters. The second-order valence-electron chi connectivity index (χ2n) is 4.85. The maximum absolute atomic E-state index is 11.8. The minimum Gasteiger partial charge on any atom is -0.478 e. The van der Waals surface area contributed by atoms with Gasteiger partial charge in [-0.25, -0.2) is 4.79 Å². The Balaban J connectivity index is 2.00. The van der Waals surface area contributed by atoms with Gasteiger partial charge in [0.2, 0.25) is 0 Å². The summed E-state index contributed by atoms with van der Waals surface area (Å²) in [5, 5.41) is 11.3. The number of carboxylic acid groups (broad SMARTS) is 1. The van der Waals surface area contributed by atoms with Gasteiger partial charge in [-0.2, -0.15) is 0 Å². The van der Waals surface area contributed by atoms with Crippen molar-refractivity contribution in [3.05, 3.63) is 71.6 Å². The number of rotatable bonds is 5. The normalized spacial score (nSPS) is 11.0. The Labute approximate surface area is 128 Å². The summed E-state index contributed by atoms with van der Waals surface area (Å²) in [6, 6.07) is 11.3. The van der Waals surface area contributed by atoms with E-state index in [0.29, 0.717) is 5.69 Å². The van der Waals surface area contributed by atoms with Crippen LogP contribution in [0.2, 0.25) is 0 Å². The van der Waals surface area contributed by atoms with Crippen LogP contribution in [0.3, 0.4) is 0 Å². The van der Waals surface area contributed by atoms with E-state index < -0.39 is 11.9 Å². The molecule has 1 heterocycles. The summed E-state index contributed by atoms with van der Waals surface area (Å²) in [6.45, 7) is 1.46. The average molecular weight is 296 g/mol. The van der Waals surface area contributed by atoms with Gasteiger partial charge in [0.1, 0.15) is 0 Å². The zero-order valence-corrected chi connectivity index (χ0v) is 12.1.